The molecule has 1 N–H and O–H groups in total. The molecule has 0 saturated carbocycles. The van der Waals surface area contributed by atoms with E-state index in [0.717, 1.165) is 19.2 Å². The van der Waals surface area contributed by atoms with E-state index in [1.165, 1.54) is 0 Å². The van der Waals surface area contributed by atoms with Gasteiger partial charge in [0.25, 0.3) is 0 Å². The van der Waals surface area contributed by atoms with Crippen LogP contribution in [0.3, 0.4) is 0 Å². The molecule has 1 aromatic rings. The lowest BCUT2D eigenvalue weighted by Gasteiger charge is -2.10. The molecule has 1 rings (SSSR count). The molecule has 4 nitrogen and oxygen atoms in total. The standard InChI is InChI=1S/C9H9F4NO3S/c1-14-18(15,16)8-3-2-6(4-7(8)10)17-5-9(11,12)13/h2-4,14H,5H2,1H3. The summed E-state index contributed by atoms with van der Waals surface area (Å²) >= 11 is 0. The second kappa shape index (κ2) is 5.11. The van der Waals surface area contributed by atoms with Crippen LogP contribution in [0.2, 0.25) is 0 Å². The van der Waals surface area contributed by atoms with Crippen LogP contribution in [0.4, 0.5) is 17.6 Å². The van der Waals surface area contributed by atoms with Gasteiger partial charge in [0.2, 0.25) is 10.0 Å². The van der Waals surface area contributed by atoms with Gasteiger partial charge in [-0.15, -0.1) is 0 Å². The third-order valence-corrected chi connectivity index (χ3v) is 3.31. The fourth-order valence-electron chi connectivity index (χ4n) is 1.06. The van der Waals surface area contributed by atoms with Crippen molar-refractivity contribution in [3.8, 4) is 5.75 Å². The molecule has 18 heavy (non-hydrogen) atoms. The van der Waals surface area contributed by atoms with Gasteiger partial charge in [-0.25, -0.2) is 17.5 Å². The number of sulfonamides is 1. The molecule has 0 aromatic heterocycles. The van der Waals surface area contributed by atoms with Gasteiger partial charge >= 0.3 is 6.18 Å². The first-order chi connectivity index (χ1) is 8.15. The lowest BCUT2D eigenvalue weighted by molar-refractivity contribution is -0.153. The molecule has 0 fully saturated rings. The Labute approximate surface area is 101 Å². The van der Waals surface area contributed by atoms with Gasteiger partial charge in [-0.05, 0) is 19.2 Å². The van der Waals surface area contributed by atoms with Crippen molar-refractivity contribution in [1.82, 2.24) is 4.72 Å². The highest BCUT2D eigenvalue weighted by Gasteiger charge is 2.28. The third-order valence-electron chi connectivity index (χ3n) is 1.86. The molecule has 0 atom stereocenters. The minimum atomic E-state index is -4.55. The van der Waals surface area contributed by atoms with E-state index in [-0.39, 0.29) is 0 Å². The highest BCUT2D eigenvalue weighted by Crippen LogP contribution is 2.22. The Morgan fingerprint density at radius 2 is 1.94 bits per heavy atom. The Hall–Kier alpha value is -1.35. The Balaban J connectivity index is 2.94. The van der Waals surface area contributed by atoms with Gasteiger partial charge in [-0.3, -0.25) is 0 Å². The van der Waals surface area contributed by atoms with Crippen molar-refractivity contribution in [2.75, 3.05) is 13.7 Å². The molecule has 0 aliphatic heterocycles. The van der Waals surface area contributed by atoms with E-state index in [1.807, 2.05) is 4.72 Å². The number of nitrogens with one attached hydrogen (secondary N) is 1. The maximum Gasteiger partial charge on any atom is 0.422 e. The Morgan fingerprint density at radius 1 is 1.33 bits per heavy atom. The van der Waals surface area contributed by atoms with Gasteiger partial charge < -0.3 is 4.74 Å². The van der Waals surface area contributed by atoms with Crippen LogP contribution in [0.1, 0.15) is 0 Å². The van der Waals surface area contributed by atoms with E-state index in [1.54, 1.807) is 0 Å². The first-order valence-electron chi connectivity index (χ1n) is 4.58. The van der Waals surface area contributed by atoms with Gasteiger partial charge in [0.15, 0.2) is 6.61 Å². The SMILES string of the molecule is CNS(=O)(=O)c1ccc(OCC(F)(F)F)cc1F. The Kier molecular flexibility index (Phi) is 4.17. The van der Waals surface area contributed by atoms with Crippen molar-refractivity contribution in [3.63, 3.8) is 0 Å². The summed E-state index contributed by atoms with van der Waals surface area (Å²) in [6.07, 6.45) is -4.55. The summed E-state index contributed by atoms with van der Waals surface area (Å²) in [6.45, 7) is -1.58. The molecular formula is C9H9F4NO3S. The van der Waals surface area contributed by atoms with Crippen molar-refractivity contribution < 1.29 is 30.7 Å². The lowest BCUT2D eigenvalue weighted by Crippen LogP contribution is -2.21. The quantitative estimate of drug-likeness (QED) is 0.857. The van der Waals surface area contributed by atoms with E-state index in [0.29, 0.717) is 6.07 Å². The molecule has 102 valence electrons. The maximum atomic E-state index is 13.4. The number of benzene rings is 1. The van der Waals surface area contributed by atoms with Crippen molar-refractivity contribution in [3.05, 3.63) is 24.0 Å². The smallest absolute Gasteiger partial charge is 0.422 e. The topological polar surface area (TPSA) is 55.4 Å². The van der Waals surface area contributed by atoms with E-state index >= 15 is 0 Å². The van der Waals surface area contributed by atoms with E-state index < -0.39 is 39.3 Å². The largest absolute Gasteiger partial charge is 0.484 e. The summed E-state index contributed by atoms with van der Waals surface area (Å²) in [5, 5.41) is 0. The zero-order valence-electron chi connectivity index (χ0n) is 9.08. The minimum absolute atomic E-state index is 0.403. The summed E-state index contributed by atoms with van der Waals surface area (Å²) in [4.78, 5) is -0.663. The molecule has 0 radical (unpaired) electrons. The Morgan fingerprint density at radius 3 is 2.39 bits per heavy atom. The van der Waals surface area contributed by atoms with Crippen LogP contribution in [0.5, 0.6) is 5.75 Å². The maximum absolute atomic E-state index is 13.4. The van der Waals surface area contributed by atoms with Crippen LogP contribution in [0.15, 0.2) is 23.1 Å². The molecule has 0 saturated heterocycles. The van der Waals surface area contributed by atoms with E-state index in [9.17, 15) is 26.0 Å². The van der Waals surface area contributed by atoms with Crippen molar-refractivity contribution in [1.29, 1.82) is 0 Å². The lowest BCUT2D eigenvalue weighted by atomic mass is 10.3. The van der Waals surface area contributed by atoms with Crippen LogP contribution in [-0.4, -0.2) is 28.2 Å². The zero-order chi connectivity index (χ0) is 14.0. The van der Waals surface area contributed by atoms with E-state index in [2.05, 4.69) is 4.74 Å². The second-order valence-electron chi connectivity index (χ2n) is 3.20. The minimum Gasteiger partial charge on any atom is -0.484 e. The monoisotopic (exact) mass is 287 g/mol. The van der Waals surface area contributed by atoms with Crippen LogP contribution in [0.25, 0.3) is 0 Å². The molecule has 0 aliphatic rings. The molecule has 0 amide bonds. The fraction of sp³-hybridized carbons (Fsp3) is 0.333. The average molecular weight is 287 g/mol. The molecule has 1 aromatic carbocycles. The predicted molar refractivity (Wildman–Crippen MR) is 54.2 cm³/mol. The second-order valence-corrected chi connectivity index (χ2v) is 5.06. The summed E-state index contributed by atoms with van der Waals surface area (Å²) in [5.41, 5.74) is 0. The summed E-state index contributed by atoms with van der Waals surface area (Å²) in [5.74, 6) is -1.59. The summed E-state index contributed by atoms with van der Waals surface area (Å²) < 4.78 is 77.6. The molecular weight excluding hydrogens is 278 g/mol. The first-order valence-corrected chi connectivity index (χ1v) is 6.07. The highest BCUT2D eigenvalue weighted by molar-refractivity contribution is 7.89. The number of hydrogen-bond donors (Lipinski definition) is 1. The van der Waals surface area contributed by atoms with Gasteiger partial charge in [0.1, 0.15) is 16.5 Å². The third kappa shape index (κ3) is 3.84. The normalized spacial score (nSPS) is 12.5. The molecule has 0 bridgehead atoms. The molecule has 9 heteroatoms. The highest BCUT2D eigenvalue weighted by atomic mass is 32.2. The van der Waals surface area contributed by atoms with Crippen molar-refractivity contribution in [2.45, 2.75) is 11.1 Å². The first kappa shape index (κ1) is 14.7. The number of rotatable bonds is 4. The van der Waals surface area contributed by atoms with Crippen LogP contribution in [0, 0.1) is 5.82 Å². The van der Waals surface area contributed by atoms with Crippen molar-refractivity contribution >= 4 is 10.0 Å². The average Bonchev–Trinajstić information content (AvgIpc) is 2.25. The van der Waals surface area contributed by atoms with Crippen LogP contribution >= 0.6 is 0 Å². The molecule has 0 heterocycles. The van der Waals surface area contributed by atoms with E-state index in [4.69, 9.17) is 0 Å². The zero-order valence-corrected chi connectivity index (χ0v) is 9.90. The van der Waals surface area contributed by atoms with Gasteiger partial charge in [-0.1, -0.05) is 0 Å². The number of ether oxygens (including phenoxy) is 1. The molecule has 0 unspecified atom stereocenters. The number of alkyl halides is 3. The number of hydrogen-bond acceptors (Lipinski definition) is 3. The van der Waals surface area contributed by atoms with Crippen LogP contribution in [-0.2, 0) is 10.0 Å². The summed E-state index contributed by atoms with van der Waals surface area (Å²) in [6, 6.07) is 2.35. The van der Waals surface area contributed by atoms with Crippen LogP contribution < -0.4 is 9.46 Å². The van der Waals surface area contributed by atoms with Gasteiger partial charge in [0.05, 0.1) is 0 Å². The van der Waals surface area contributed by atoms with Crippen molar-refractivity contribution in [2.24, 2.45) is 0 Å². The van der Waals surface area contributed by atoms with Gasteiger partial charge in [-0.2, -0.15) is 13.2 Å². The number of halogens is 4. The molecule has 0 aliphatic carbocycles. The Bertz CT molecular complexity index is 527. The fourth-order valence-corrected chi connectivity index (χ4v) is 1.85. The predicted octanol–water partition coefficient (Wildman–Crippen LogP) is 1.67. The van der Waals surface area contributed by atoms with Gasteiger partial charge in [0, 0.05) is 6.07 Å². The summed E-state index contributed by atoms with van der Waals surface area (Å²) in [7, 11) is -2.91. The molecule has 0 spiro atoms.